The van der Waals surface area contributed by atoms with E-state index in [-0.39, 0.29) is 11.2 Å². The standard InChI is InChI=1S/C23H31FN4O/c1-25-22(27-17-23(10-11-23)19-7-5-8-20(24)15-19)26-16-18-6-4-9-21(14-18)29-13-12-28(2)3/h4-9,14-15H,10-13,16-17H2,1-3H3,(H2,25,26,27). The van der Waals surface area contributed by atoms with E-state index in [0.29, 0.717) is 13.2 Å². The van der Waals surface area contributed by atoms with E-state index in [1.54, 1.807) is 19.2 Å². The number of hydrogen-bond acceptors (Lipinski definition) is 3. The largest absolute Gasteiger partial charge is 0.492 e. The Morgan fingerprint density at radius 1 is 1.14 bits per heavy atom. The molecule has 0 spiro atoms. The van der Waals surface area contributed by atoms with Crippen molar-refractivity contribution in [2.45, 2.75) is 24.8 Å². The third-order valence-electron chi connectivity index (χ3n) is 5.27. The Morgan fingerprint density at radius 3 is 2.62 bits per heavy atom. The van der Waals surface area contributed by atoms with Crippen LogP contribution >= 0.6 is 0 Å². The second-order valence-electron chi connectivity index (χ2n) is 7.87. The van der Waals surface area contributed by atoms with E-state index in [4.69, 9.17) is 4.74 Å². The highest BCUT2D eigenvalue weighted by Gasteiger charge is 2.44. The van der Waals surface area contributed by atoms with Crippen LogP contribution in [-0.4, -0.2) is 51.7 Å². The molecule has 2 aromatic carbocycles. The van der Waals surface area contributed by atoms with Gasteiger partial charge in [-0.1, -0.05) is 24.3 Å². The van der Waals surface area contributed by atoms with Gasteiger partial charge in [0.25, 0.3) is 0 Å². The number of likely N-dealkylation sites (N-methyl/N-ethyl adjacent to an activating group) is 1. The molecule has 6 heteroatoms. The highest BCUT2D eigenvalue weighted by molar-refractivity contribution is 5.79. The molecular formula is C23H31FN4O. The van der Waals surface area contributed by atoms with Gasteiger partial charge in [-0.3, -0.25) is 4.99 Å². The molecule has 0 amide bonds. The predicted octanol–water partition coefficient (Wildman–Crippen LogP) is 3.16. The van der Waals surface area contributed by atoms with Gasteiger partial charge in [0, 0.05) is 32.1 Å². The number of aliphatic imine (C=N–C) groups is 1. The summed E-state index contributed by atoms with van der Waals surface area (Å²) in [7, 11) is 5.82. The molecule has 2 N–H and O–H groups in total. The number of ether oxygens (including phenoxy) is 1. The zero-order valence-electron chi connectivity index (χ0n) is 17.5. The van der Waals surface area contributed by atoms with E-state index in [0.717, 1.165) is 48.8 Å². The molecule has 0 atom stereocenters. The molecule has 1 fully saturated rings. The molecule has 0 saturated heterocycles. The van der Waals surface area contributed by atoms with Crippen molar-refractivity contribution in [1.29, 1.82) is 0 Å². The van der Waals surface area contributed by atoms with Gasteiger partial charge in [-0.25, -0.2) is 4.39 Å². The Balaban J connectivity index is 1.50. The van der Waals surface area contributed by atoms with Crippen LogP contribution in [0.3, 0.4) is 0 Å². The zero-order valence-corrected chi connectivity index (χ0v) is 17.5. The Hall–Kier alpha value is -2.60. The highest BCUT2D eigenvalue weighted by atomic mass is 19.1. The molecule has 29 heavy (non-hydrogen) atoms. The van der Waals surface area contributed by atoms with Crippen molar-refractivity contribution >= 4 is 5.96 Å². The first-order chi connectivity index (χ1) is 14.0. The van der Waals surface area contributed by atoms with Crippen molar-refractivity contribution in [3.63, 3.8) is 0 Å². The lowest BCUT2D eigenvalue weighted by molar-refractivity contribution is 0.261. The molecular weight excluding hydrogens is 367 g/mol. The lowest BCUT2D eigenvalue weighted by Gasteiger charge is -2.19. The quantitative estimate of drug-likeness (QED) is 0.503. The molecule has 0 aromatic heterocycles. The molecule has 1 aliphatic rings. The van der Waals surface area contributed by atoms with Crippen LogP contribution in [0.5, 0.6) is 5.75 Å². The Kier molecular flexibility index (Phi) is 7.09. The van der Waals surface area contributed by atoms with Crippen LogP contribution in [0.4, 0.5) is 4.39 Å². The van der Waals surface area contributed by atoms with Crippen molar-refractivity contribution in [1.82, 2.24) is 15.5 Å². The molecule has 0 heterocycles. The Labute approximate surface area is 173 Å². The topological polar surface area (TPSA) is 48.9 Å². The summed E-state index contributed by atoms with van der Waals surface area (Å²) in [6.45, 7) is 2.93. The smallest absolute Gasteiger partial charge is 0.191 e. The van der Waals surface area contributed by atoms with Crippen molar-refractivity contribution in [3.8, 4) is 5.75 Å². The van der Waals surface area contributed by atoms with Gasteiger partial charge < -0.3 is 20.3 Å². The van der Waals surface area contributed by atoms with Gasteiger partial charge in [-0.05, 0) is 62.3 Å². The van der Waals surface area contributed by atoms with E-state index in [2.05, 4.69) is 26.6 Å². The third-order valence-corrected chi connectivity index (χ3v) is 5.27. The molecule has 1 aliphatic carbocycles. The maximum absolute atomic E-state index is 13.6. The van der Waals surface area contributed by atoms with Crippen molar-refractivity contribution in [3.05, 3.63) is 65.5 Å². The monoisotopic (exact) mass is 398 g/mol. The minimum Gasteiger partial charge on any atom is -0.492 e. The number of benzene rings is 2. The first-order valence-corrected chi connectivity index (χ1v) is 10.1. The van der Waals surface area contributed by atoms with Crippen LogP contribution in [0.1, 0.15) is 24.0 Å². The summed E-state index contributed by atoms with van der Waals surface area (Å²) in [5.74, 6) is 1.44. The van der Waals surface area contributed by atoms with Crippen LogP contribution in [0.25, 0.3) is 0 Å². The van der Waals surface area contributed by atoms with Crippen LogP contribution in [0.2, 0.25) is 0 Å². The van der Waals surface area contributed by atoms with E-state index in [1.165, 1.54) is 6.07 Å². The predicted molar refractivity (Wildman–Crippen MR) is 116 cm³/mol. The van der Waals surface area contributed by atoms with Gasteiger partial charge in [0.1, 0.15) is 18.2 Å². The van der Waals surface area contributed by atoms with Gasteiger partial charge in [-0.2, -0.15) is 0 Å². The number of rotatable bonds is 9. The van der Waals surface area contributed by atoms with E-state index in [9.17, 15) is 4.39 Å². The summed E-state index contributed by atoms with van der Waals surface area (Å²) in [5.41, 5.74) is 2.20. The van der Waals surface area contributed by atoms with Crippen LogP contribution in [-0.2, 0) is 12.0 Å². The SMILES string of the molecule is CN=C(NCc1cccc(OCCN(C)C)c1)NCC1(c2cccc(F)c2)CC1. The maximum Gasteiger partial charge on any atom is 0.191 e. The zero-order chi connectivity index (χ0) is 20.7. The van der Waals surface area contributed by atoms with Gasteiger partial charge in [0.15, 0.2) is 5.96 Å². The lowest BCUT2D eigenvalue weighted by atomic mass is 9.96. The highest BCUT2D eigenvalue weighted by Crippen LogP contribution is 2.47. The molecule has 156 valence electrons. The number of guanidine groups is 1. The second kappa shape index (κ2) is 9.74. The van der Waals surface area contributed by atoms with E-state index in [1.807, 2.05) is 38.4 Å². The number of hydrogen-bond donors (Lipinski definition) is 2. The molecule has 0 bridgehead atoms. The lowest BCUT2D eigenvalue weighted by Crippen LogP contribution is -2.40. The molecule has 0 aliphatic heterocycles. The summed E-state index contributed by atoms with van der Waals surface area (Å²) < 4.78 is 19.4. The Morgan fingerprint density at radius 2 is 1.93 bits per heavy atom. The molecule has 0 unspecified atom stereocenters. The molecule has 3 rings (SSSR count). The second-order valence-corrected chi connectivity index (χ2v) is 7.87. The van der Waals surface area contributed by atoms with Gasteiger partial charge in [-0.15, -0.1) is 0 Å². The average molecular weight is 399 g/mol. The van der Waals surface area contributed by atoms with Crippen molar-refractivity contribution in [2.24, 2.45) is 4.99 Å². The van der Waals surface area contributed by atoms with E-state index < -0.39 is 0 Å². The first-order valence-electron chi connectivity index (χ1n) is 10.1. The Bertz CT molecular complexity index is 833. The van der Waals surface area contributed by atoms with Crippen molar-refractivity contribution in [2.75, 3.05) is 40.8 Å². The fraction of sp³-hybridized carbons (Fsp3) is 0.435. The number of nitrogens with one attached hydrogen (secondary N) is 2. The van der Waals surface area contributed by atoms with Gasteiger partial charge in [0.2, 0.25) is 0 Å². The third kappa shape index (κ3) is 6.19. The maximum atomic E-state index is 13.6. The molecule has 0 radical (unpaired) electrons. The van der Waals surface area contributed by atoms with Gasteiger partial charge >= 0.3 is 0 Å². The van der Waals surface area contributed by atoms with Crippen LogP contribution < -0.4 is 15.4 Å². The number of nitrogens with zero attached hydrogens (tertiary/aromatic N) is 2. The first kappa shape index (κ1) is 21.1. The molecule has 5 nitrogen and oxygen atoms in total. The van der Waals surface area contributed by atoms with Crippen molar-refractivity contribution < 1.29 is 9.13 Å². The minimum atomic E-state index is -0.177. The fourth-order valence-electron chi connectivity index (χ4n) is 3.29. The fourth-order valence-corrected chi connectivity index (χ4v) is 3.29. The van der Waals surface area contributed by atoms with Crippen LogP contribution in [0.15, 0.2) is 53.5 Å². The molecule has 1 saturated carbocycles. The normalized spacial score (nSPS) is 15.3. The summed E-state index contributed by atoms with van der Waals surface area (Å²) in [6, 6.07) is 15.0. The average Bonchev–Trinajstić information content (AvgIpc) is 3.49. The summed E-state index contributed by atoms with van der Waals surface area (Å²) in [5, 5.41) is 6.75. The summed E-state index contributed by atoms with van der Waals surface area (Å²) in [4.78, 5) is 6.41. The number of halogens is 1. The minimum absolute atomic E-state index is 0.0138. The summed E-state index contributed by atoms with van der Waals surface area (Å²) >= 11 is 0. The van der Waals surface area contributed by atoms with Gasteiger partial charge in [0.05, 0.1) is 0 Å². The summed E-state index contributed by atoms with van der Waals surface area (Å²) in [6.07, 6.45) is 2.12. The van der Waals surface area contributed by atoms with E-state index >= 15 is 0 Å². The molecule has 2 aromatic rings. The van der Waals surface area contributed by atoms with Crippen LogP contribution in [0, 0.1) is 5.82 Å².